The van der Waals surface area contributed by atoms with Crippen molar-refractivity contribution in [3.05, 3.63) is 16.3 Å². The molecule has 0 aromatic carbocycles. The average Bonchev–Trinajstić information content (AvgIpc) is 3.05. The molecular formula is C11H18N4O3S. The highest BCUT2D eigenvalue weighted by Crippen LogP contribution is 2.28. The summed E-state index contributed by atoms with van der Waals surface area (Å²) in [5, 5.41) is 14.9. The van der Waals surface area contributed by atoms with Gasteiger partial charge in [0, 0.05) is 26.2 Å². The van der Waals surface area contributed by atoms with E-state index in [1.165, 1.54) is 12.6 Å². The van der Waals surface area contributed by atoms with Gasteiger partial charge in [-0.3, -0.25) is 10.1 Å². The fourth-order valence-corrected chi connectivity index (χ4v) is 2.90. The number of nitrogens with zero attached hydrogens (tertiary/aromatic N) is 3. The van der Waals surface area contributed by atoms with Gasteiger partial charge in [0.05, 0.1) is 11.5 Å². The standard InChI is InChI=1S/C11H18N4O3S/c1-18-6-5-14(8-9-3-2-4-12-9)11-13-7-10(19-11)15(16)17/h7,9,12H,2-6,8H2,1H3. The molecule has 0 bridgehead atoms. The van der Waals surface area contributed by atoms with Crippen LogP contribution >= 0.6 is 11.3 Å². The Bertz CT molecular complexity index is 420. The summed E-state index contributed by atoms with van der Waals surface area (Å²) in [6.07, 6.45) is 3.64. The van der Waals surface area contributed by atoms with E-state index in [-0.39, 0.29) is 5.00 Å². The zero-order valence-electron chi connectivity index (χ0n) is 10.9. The third kappa shape index (κ3) is 3.85. The lowest BCUT2D eigenvalue weighted by Gasteiger charge is -2.24. The zero-order chi connectivity index (χ0) is 13.7. The van der Waals surface area contributed by atoms with E-state index in [0.29, 0.717) is 24.3 Å². The van der Waals surface area contributed by atoms with Gasteiger partial charge in [0.25, 0.3) is 0 Å². The molecule has 1 fully saturated rings. The van der Waals surface area contributed by atoms with Crippen molar-refractivity contribution in [1.29, 1.82) is 0 Å². The molecule has 0 spiro atoms. The summed E-state index contributed by atoms with van der Waals surface area (Å²) in [7, 11) is 1.65. The normalized spacial score (nSPS) is 18.7. The molecule has 1 aliphatic rings. The first-order valence-electron chi connectivity index (χ1n) is 6.28. The van der Waals surface area contributed by atoms with Crippen molar-refractivity contribution >= 4 is 21.5 Å². The highest BCUT2D eigenvalue weighted by Gasteiger charge is 2.21. The molecule has 1 N–H and O–H groups in total. The first-order valence-corrected chi connectivity index (χ1v) is 7.10. The monoisotopic (exact) mass is 286 g/mol. The van der Waals surface area contributed by atoms with Crippen LogP contribution in [0.5, 0.6) is 0 Å². The van der Waals surface area contributed by atoms with Gasteiger partial charge in [0.1, 0.15) is 6.20 Å². The molecule has 0 amide bonds. The van der Waals surface area contributed by atoms with Gasteiger partial charge in [-0.05, 0) is 30.7 Å². The molecule has 106 valence electrons. The minimum atomic E-state index is -0.399. The number of anilines is 1. The molecule has 0 saturated carbocycles. The molecule has 7 nitrogen and oxygen atoms in total. The Labute approximate surface area is 115 Å². The Balaban J connectivity index is 2.03. The lowest BCUT2D eigenvalue weighted by atomic mass is 10.2. The van der Waals surface area contributed by atoms with Crippen LogP contribution in [-0.4, -0.2) is 49.3 Å². The van der Waals surface area contributed by atoms with Crippen LogP contribution in [0.4, 0.5) is 10.1 Å². The van der Waals surface area contributed by atoms with Crippen molar-refractivity contribution in [1.82, 2.24) is 10.3 Å². The second-order valence-corrected chi connectivity index (χ2v) is 5.46. The Morgan fingerprint density at radius 2 is 2.58 bits per heavy atom. The quantitative estimate of drug-likeness (QED) is 0.600. The molecule has 0 aliphatic carbocycles. The highest BCUT2D eigenvalue weighted by molar-refractivity contribution is 7.18. The first-order chi connectivity index (χ1) is 9.20. The summed E-state index contributed by atoms with van der Waals surface area (Å²) < 4.78 is 5.09. The van der Waals surface area contributed by atoms with Gasteiger partial charge in [-0.2, -0.15) is 0 Å². The molecular weight excluding hydrogens is 268 g/mol. The van der Waals surface area contributed by atoms with Gasteiger partial charge in [-0.15, -0.1) is 0 Å². The van der Waals surface area contributed by atoms with Crippen LogP contribution < -0.4 is 10.2 Å². The molecule has 1 atom stereocenters. The van der Waals surface area contributed by atoms with Crippen molar-refractivity contribution in [3.8, 4) is 0 Å². The van der Waals surface area contributed by atoms with E-state index in [0.717, 1.165) is 30.8 Å². The van der Waals surface area contributed by atoms with E-state index in [1.807, 2.05) is 0 Å². The molecule has 1 saturated heterocycles. The van der Waals surface area contributed by atoms with Crippen molar-refractivity contribution in [2.45, 2.75) is 18.9 Å². The van der Waals surface area contributed by atoms with E-state index < -0.39 is 4.92 Å². The van der Waals surface area contributed by atoms with Crippen LogP contribution in [0.2, 0.25) is 0 Å². The molecule has 2 heterocycles. The number of nitro groups is 1. The van der Waals surface area contributed by atoms with E-state index in [9.17, 15) is 10.1 Å². The highest BCUT2D eigenvalue weighted by atomic mass is 32.1. The molecule has 1 aromatic rings. The van der Waals surface area contributed by atoms with Gasteiger partial charge < -0.3 is 15.0 Å². The lowest BCUT2D eigenvalue weighted by Crippen LogP contribution is -2.39. The first kappa shape index (κ1) is 14.2. The fraction of sp³-hybridized carbons (Fsp3) is 0.727. The van der Waals surface area contributed by atoms with Gasteiger partial charge in [0.15, 0.2) is 5.13 Å². The summed E-state index contributed by atoms with van der Waals surface area (Å²) in [6, 6.07) is 0.430. The molecule has 1 aliphatic heterocycles. The third-order valence-electron chi connectivity index (χ3n) is 3.10. The van der Waals surface area contributed by atoms with Gasteiger partial charge in [-0.1, -0.05) is 0 Å². The Morgan fingerprint density at radius 1 is 1.74 bits per heavy atom. The number of thiazole rings is 1. The van der Waals surface area contributed by atoms with Gasteiger partial charge in [-0.25, -0.2) is 4.98 Å². The summed E-state index contributed by atoms with van der Waals surface area (Å²) >= 11 is 1.12. The molecule has 2 rings (SSSR count). The number of rotatable bonds is 7. The Kier molecular flexibility index (Phi) is 5.06. The number of nitrogens with one attached hydrogen (secondary N) is 1. The van der Waals surface area contributed by atoms with Crippen LogP contribution in [0.25, 0.3) is 0 Å². The largest absolute Gasteiger partial charge is 0.383 e. The molecule has 1 unspecified atom stereocenters. The minimum absolute atomic E-state index is 0.0804. The third-order valence-corrected chi connectivity index (χ3v) is 4.11. The van der Waals surface area contributed by atoms with E-state index in [2.05, 4.69) is 15.2 Å². The summed E-state index contributed by atoms with van der Waals surface area (Å²) in [5.41, 5.74) is 0. The van der Waals surface area contributed by atoms with Crippen molar-refractivity contribution in [3.63, 3.8) is 0 Å². The number of methoxy groups -OCH3 is 1. The maximum absolute atomic E-state index is 10.7. The molecule has 1 aromatic heterocycles. The number of aromatic nitrogens is 1. The molecule has 0 radical (unpaired) electrons. The number of hydrogen-bond acceptors (Lipinski definition) is 7. The summed E-state index contributed by atoms with van der Waals surface area (Å²) in [5.74, 6) is 0. The fourth-order valence-electron chi connectivity index (χ4n) is 2.13. The average molecular weight is 286 g/mol. The van der Waals surface area contributed by atoms with Crippen LogP contribution in [0, 0.1) is 10.1 Å². The van der Waals surface area contributed by atoms with Crippen LogP contribution in [0.1, 0.15) is 12.8 Å². The van der Waals surface area contributed by atoms with Crippen LogP contribution in [-0.2, 0) is 4.74 Å². The molecule has 8 heteroatoms. The number of ether oxygens (including phenoxy) is 1. The second-order valence-electron chi connectivity index (χ2n) is 4.47. The Morgan fingerprint density at radius 3 is 3.16 bits per heavy atom. The summed E-state index contributed by atoms with van der Waals surface area (Å²) in [6.45, 7) is 3.13. The maximum Gasteiger partial charge on any atom is 0.345 e. The summed E-state index contributed by atoms with van der Waals surface area (Å²) in [4.78, 5) is 16.5. The number of hydrogen-bond donors (Lipinski definition) is 1. The van der Waals surface area contributed by atoms with Crippen molar-refractivity contribution in [2.24, 2.45) is 0 Å². The van der Waals surface area contributed by atoms with E-state index in [1.54, 1.807) is 7.11 Å². The predicted molar refractivity (Wildman–Crippen MR) is 73.9 cm³/mol. The lowest BCUT2D eigenvalue weighted by molar-refractivity contribution is -0.380. The van der Waals surface area contributed by atoms with Gasteiger partial charge >= 0.3 is 5.00 Å². The van der Waals surface area contributed by atoms with E-state index >= 15 is 0 Å². The smallest absolute Gasteiger partial charge is 0.345 e. The zero-order valence-corrected chi connectivity index (χ0v) is 11.7. The van der Waals surface area contributed by atoms with E-state index in [4.69, 9.17) is 4.74 Å². The van der Waals surface area contributed by atoms with Crippen LogP contribution in [0.15, 0.2) is 6.20 Å². The minimum Gasteiger partial charge on any atom is -0.383 e. The topological polar surface area (TPSA) is 80.5 Å². The van der Waals surface area contributed by atoms with Crippen LogP contribution in [0.3, 0.4) is 0 Å². The van der Waals surface area contributed by atoms with Crippen molar-refractivity contribution in [2.75, 3.05) is 38.3 Å². The SMILES string of the molecule is COCCN(CC1CCCN1)c1ncc([N+](=O)[O-])s1. The predicted octanol–water partition coefficient (Wildman–Crippen LogP) is 1.26. The van der Waals surface area contributed by atoms with Crippen molar-refractivity contribution < 1.29 is 9.66 Å². The second kappa shape index (κ2) is 6.78. The Hall–Kier alpha value is -1.25. The maximum atomic E-state index is 10.7. The molecule has 19 heavy (non-hydrogen) atoms. The van der Waals surface area contributed by atoms with Gasteiger partial charge in [0.2, 0.25) is 0 Å².